The zero-order valence-corrected chi connectivity index (χ0v) is 17.1. The maximum atomic E-state index is 12.7. The van der Waals surface area contributed by atoms with Gasteiger partial charge in [0.25, 0.3) is 0 Å². The number of rotatable bonds is 7. The maximum Gasteiger partial charge on any atom is 0.243 e. The number of nitrogens with zero attached hydrogens (tertiary/aromatic N) is 1. The van der Waals surface area contributed by atoms with Gasteiger partial charge in [-0.15, -0.1) is 0 Å². The van der Waals surface area contributed by atoms with Crippen LogP contribution in [-0.2, 0) is 14.8 Å². The van der Waals surface area contributed by atoms with Crippen LogP contribution >= 0.6 is 0 Å². The van der Waals surface area contributed by atoms with Gasteiger partial charge < -0.3 is 10.1 Å². The summed E-state index contributed by atoms with van der Waals surface area (Å²) >= 11 is 0. The zero-order chi connectivity index (χ0) is 20.1. The van der Waals surface area contributed by atoms with Crippen LogP contribution < -0.4 is 10.1 Å². The smallest absolute Gasteiger partial charge is 0.243 e. The first kappa shape index (κ1) is 20.4. The van der Waals surface area contributed by atoms with Gasteiger partial charge in [0, 0.05) is 18.8 Å². The number of aryl methyl sites for hydroxylation is 2. The summed E-state index contributed by atoms with van der Waals surface area (Å²) in [7, 11) is -3.50. The molecule has 28 heavy (non-hydrogen) atoms. The van der Waals surface area contributed by atoms with Crippen molar-refractivity contribution in [3.8, 4) is 5.75 Å². The molecule has 0 aromatic heterocycles. The van der Waals surface area contributed by atoms with Crippen LogP contribution in [0.1, 0.15) is 30.4 Å². The van der Waals surface area contributed by atoms with E-state index in [2.05, 4.69) is 5.32 Å². The minimum Gasteiger partial charge on any atom is -0.493 e. The van der Waals surface area contributed by atoms with Gasteiger partial charge in [0.05, 0.1) is 17.9 Å². The lowest BCUT2D eigenvalue weighted by Gasteiger charge is -2.16. The van der Waals surface area contributed by atoms with Crippen molar-refractivity contribution in [1.29, 1.82) is 0 Å². The highest BCUT2D eigenvalue weighted by atomic mass is 32.2. The van der Waals surface area contributed by atoms with E-state index in [0.29, 0.717) is 18.8 Å². The fraction of sp³-hybridized carbons (Fsp3) is 0.381. The number of nitrogens with one attached hydrogen (secondary N) is 1. The largest absolute Gasteiger partial charge is 0.493 e. The van der Waals surface area contributed by atoms with Crippen molar-refractivity contribution in [3.63, 3.8) is 0 Å². The number of benzene rings is 2. The highest BCUT2D eigenvalue weighted by Crippen LogP contribution is 2.23. The van der Waals surface area contributed by atoms with Crippen LogP contribution in [0, 0.1) is 13.8 Å². The Bertz CT molecular complexity index is 951. The van der Waals surface area contributed by atoms with Gasteiger partial charge in [-0.2, -0.15) is 4.31 Å². The van der Waals surface area contributed by atoms with E-state index in [0.717, 1.165) is 29.7 Å². The first-order valence-electron chi connectivity index (χ1n) is 9.46. The zero-order valence-electron chi connectivity index (χ0n) is 16.3. The number of anilines is 1. The van der Waals surface area contributed by atoms with E-state index in [1.165, 1.54) is 10.4 Å². The Morgan fingerprint density at radius 2 is 1.86 bits per heavy atom. The summed E-state index contributed by atoms with van der Waals surface area (Å²) in [4.78, 5) is 12.4. The van der Waals surface area contributed by atoms with E-state index in [9.17, 15) is 13.2 Å². The van der Waals surface area contributed by atoms with E-state index < -0.39 is 10.0 Å². The van der Waals surface area contributed by atoms with Gasteiger partial charge in [-0.05, 0) is 62.1 Å². The Morgan fingerprint density at radius 3 is 2.61 bits per heavy atom. The van der Waals surface area contributed by atoms with Crippen molar-refractivity contribution < 1.29 is 17.9 Å². The second kappa shape index (κ2) is 8.75. The van der Waals surface area contributed by atoms with Crippen LogP contribution in [0.5, 0.6) is 5.75 Å². The summed E-state index contributed by atoms with van der Waals surface area (Å²) in [5, 5.41) is 2.76. The molecule has 1 amide bonds. The number of hydrogen-bond acceptors (Lipinski definition) is 4. The van der Waals surface area contributed by atoms with Crippen LogP contribution in [0.3, 0.4) is 0 Å². The number of sulfonamides is 1. The lowest BCUT2D eigenvalue weighted by atomic mass is 10.1. The third-order valence-corrected chi connectivity index (χ3v) is 6.65. The number of hydrogen-bond donors (Lipinski definition) is 1. The predicted octanol–water partition coefficient (Wildman–Crippen LogP) is 3.50. The van der Waals surface area contributed by atoms with Crippen molar-refractivity contribution in [1.82, 2.24) is 4.31 Å². The third-order valence-electron chi connectivity index (χ3n) is 4.75. The normalized spacial score (nSPS) is 14.8. The van der Waals surface area contributed by atoms with Gasteiger partial charge in [0.15, 0.2) is 0 Å². The van der Waals surface area contributed by atoms with Crippen molar-refractivity contribution >= 4 is 21.6 Å². The summed E-state index contributed by atoms with van der Waals surface area (Å²) < 4.78 is 32.5. The molecular weight excluding hydrogens is 376 g/mol. The first-order chi connectivity index (χ1) is 13.4. The number of ether oxygens (including phenoxy) is 1. The summed E-state index contributed by atoms with van der Waals surface area (Å²) in [6.45, 7) is 5.30. The molecule has 1 heterocycles. The van der Waals surface area contributed by atoms with Gasteiger partial charge >= 0.3 is 0 Å². The van der Waals surface area contributed by atoms with Crippen LogP contribution in [0.2, 0.25) is 0 Å². The molecule has 6 nitrogen and oxygen atoms in total. The lowest BCUT2D eigenvalue weighted by Crippen LogP contribution is -2.28. The van der Waals surface area contributed by atoms with E-state index in [1.807, 2.05) is 32.0 Å². The van der Waals surface area contributed by atoms with Crippen molar-refractivity contribution in [2.75, 3.05) is 25.0 Å². The molecular formula is C21H26N2O4S. The van der Waals surface area contributed by atoms with E-state index in [-0.39, 0.29) is 23.8 Å². The van der Waals surface area contributed by atoms with Crippen molar-refractivity contribution in [2.45, 2.75) is 38.0 Å². The Balaban J connectivity index is 1.58. The van der Waals surface area contributed by atoms with Crippen LogP contribution in [-0.4, -0.2) is 38.3 Å². The van der Waals surface area contributed by atoms with Gasteiger partial charge in [-0.1, -0.05) is 18.2 Å². The molecule has 0 unspecified atom stereocenters. The van der Waals surface area contributed by atoms with E-state index >= 15 is 0 Å². The summed E-state index contributed by atoms with van der Waals surface area (Å²) in [5.41, 5.74) is 2.59. The van der Waals surface area contributed by atoms with E-state index in [4.69, 9.17) is 4.74 Å². The molecule has 150 valence electrons. The van der Waals surface area contributed by atoms with Crippen LogP contribution in [0.4, 0.5) is 5.69 Å². The van der Waals surface area contributed by atoms with Crippen molar-refractivity contribution in [2.24, 2.45) is 0 Å². The number of carbonyl (C=O) groups excluding carboxylic acids is 1. The molecule has 0 radical (unpaired) electrons. The SMILES string of the molecule is Cc1ccc(C)c(OCCC(=O)Nc2cccc(S(=O)(=O)N3CCCC3)c2)c1. The topological polar surface area (TPSA) is 75.7 Å². The molecule has 1 aliphatic rings. The Kier molecular flexibility index (Phi) is 6.36. The average Bonchev–Trinajstić information content (AvgIpc) is 3.20. The molecule has 3 rings (SSSR count). The lowest BCUT2D eigenvalue weighted by molar-refractivity contribution is -0.116. The molecule has 2 aromatic rings. The molecule has 0 bridgehead atoms. The third kappa shape index (κ3) is 4.91. The van der Waals surface area contributed by atoms with E-state index in [1.54, 1.807) is 18.2 Å². The van der Waals surface area contributed by atoms with Crippen LogP contribution in [0.25, 0.3) is 0 Å². The molecule has 7 heteroatoms. The van der Waals surface area contributed by atoms with Gasteiger partial charge in [-0.25, -0.2) is 8.42 Å². The van der Waals surface area contributed by atoms with Gasteiger partial charge in [0.2, 0.25) is 15.9 Å². The fourth-order valence-corrected chi connectivity index (χ4v) is 4.72. The highest BCUT2D eigenvalue weighted by Gasteiger charge is 2.27. The Labute approximate surface area is 166 Å². The number of amides is 1. The quantitative estimate of drug-likeness (QED) is 0.769. The fourth-order valence-electron chi connectivity index (χ4n) is 3.15. The molecule has 0 atom stereocenters. The molecule has 2 aromatic carbocycles. The average molecular weight is 403 g/mol. The second-order valence-corrected chi connectivity index (χ2v) is 8.99. The standard InChI is InChI=1S/C21H26N2O4S/c1-16-8-9-17(2)20(14-16)27-13-10-21(24)22-18-6-5-7-19(15-18)28(25,26)23-11-3-4-12-23/h5-9,14-15H,3-4,10-13H2,1-2H3,(H,22,24). The first-order valence-corrected chi connectivity index (χ1v) is 10.9. The molecule has 0 saturated carbocycles. The van der Waals surface area contributed by atoms with Crippen molar-refractivity contribution in [3.05, 3.63) is 53.6 Å². The maximum absolute atomic E-state index is 12.7. The molecule has 0 aliphatic carbocycles. The minimum atomic E-state index is -3.50. The molecule has 1 aliphatic heterocycles. The second-order valence-electron chi connectivity index (χ2n) is 7.05. The monoisotopic (exact) mass is 402 g/mol. The highest BCUT2D eigenvalue weighted by molar-refractivity contribution is 7.89. The molecule has 0 spiro atoms. The van der Waals surface area contributed by atoms with Gasteiger partial charge in [-0.3, -0.25) is 4.79 Å². The molecule has 1 saturated heterocycles. The Hall–Kier alpha value is -2.38. The summed E-state index contributed by atoms with van der Waals surface area (Å²) in [6.07, 6.45) is 1.95. The predicted molar refractivity (Wildman–Crippen MR) is 109 cm³/mol. The molecule has 1 N–H and O–H groups in total. The van der Waals surface area contributed by atoms with Crippen LogP contribution in [0.15, 0.2) is 47.4 Å². The molecule has 1 fully saturated rings. The summed E-state index contributed by atoms with van der Waals surface area (Å²) in [5.74, 6) is 0.549. The summed E-state index contributed by atoms with van der Waals surface area (Å²) in [6, 6.07) is 12.3. The number of carbonyl (C=O) groups is 1. The Morgan fingerprint density at radius 1 is 1.11 bits per heavy atom. The van der Waals surface area contributed by atoms with Gasteiger partial charge in [0.1, 0.15) is 5.75 Å². The minimum absolute atomic E-state index is 0.177.